The quantitative estimate of drug-likeness (QED) is 0.688. The van der Waals surface area contributed by atoms with Crippen LogP contribution in [-0.2, 0) is 4.84 Å². The van der Waals surface area contributed by atoms with Gasteiger partial charge in [-0.1, -0.05) is 15.9 Å². The highest BCUT2D eigenvalue weighted by atomic mass is 79.9. The van der Waals surface area contributed by atoms with Crippen LogP contribution >= 0.6 is 15.9 Å². The first-order chi connectivity index (χ1) is 7.79. The Morgan fingerprint density at radius 1 is 1.41 bits per heavy atom. The smallest absolute Gasteiger partial charge is 0.267 e. The molecule has 94 valence electrons. The van der Waals surface area contributed by atoms with Crippen LogP contribution in [0.4, 0.5) is 17.6 Å². The Labute approximate surface area is 102 Å². The predicted molar refractivity (Wildman–Crippen MR) is 53.6 cm³/mol. The Bertz CT molecular complexity index is 422. The summed E-state index contributed by atoms with van der Waals surface area (Å²) in [5.74, 6) is -1.95. The normalized spacial score (nSPS) is 11.4. The van der Waals surface area contributed by atoms with Gasteiger partial charge in [-0.15, -0.1) is 0 Å². The third-order valence-electron chi connectivity index (χ3n) is 1.57. The van der Waals surface area contributed by atoms with Crippen molar-refractivity contribution < 1.29 is 27.2 Å². The molecule has 0 aliphatic carbocycles. The van der Waals surface area contributed by atoms with Gasteiger partial charge in [0.2, 0.25) is 0 Å². The van der Waals surface area contributed by atoms with Crippen LogP contribution in [-0.4, -0.2) is 18.7 Å². The highest BCUT2D eigenvalue weighted by Crippen LogP contribution is 2.16. The number of rotatable bonds is 3. The molecule has 17 heavy (non-hydrogen) atoms. The molecule has 1 amide bonds. The molecule has 0 spiro atoms. The topological polar surface area (TPSA) is 38.3 Å². The van der Waals surface area contributed by atoms with E-state index in [0.717, 1.165) is 12.1 Å². The maximum atomic E-state index is 13.1. The van der Waals surface area contributed by atoms with Crippen LogP contribution in [0.15, 0.2) is 22.7 Å². The molecule has 0 aromatic heterocycles. The molecule has 0 heterocycles. The highest BCUT2D eigenvalue weighted by Gasteiger charge is 2.28. The number of hydroxylamine groups is 1. The number of amides is 1. The van der Waals surface area contributed by atoms with Crippen molar-refractivity contribution in [1.82, 2.24) is 5.48 Å². The van der Waals surface area contributed by atoms with E-state index in [1.807, 2.05) is 0 Å². The lowest BCUT2D eigenvalue weighted by atomic mass is 10.2. The van der Waals surface area contributed by atoms with Gasteiger partial charge in [0.1, 0.15) is 5.82 Å². The molecule has 1 aromatic rings. The molecule has 0 aliphatic rings. The van der Waals surface area contributed by atoms with Crippen molar-refractivity contribution in [3.8, 4) is 0 Å². The summed E-state index contributed by atoms with van der Waals surface area (Å²) in [4.78, 5) is 15.1. The second-order valence-corrected chi connectivity index (χ2v) is 3.87. The van der Waals surface area contributed by atoms with Gasteiger partial charge in [-0.25, -0.2) is 9.87 Å². The first kappa shape index (κ1) is 13.9. The lowest BCUT2D eigenvalue weighted by molar-refractivity contribution is -0.184. The number of hydrogen-bond acceptors (Lipinski definition) is 2. The molecule has 0 saturated heterocycles. The lowest BCUT2D eigenvalue weighted by Gasteiger charge is -2.08. The van der Waals surface area contributed by atoms with Gasteiger partial charge in [0.15, 0.2) is 6.61 Å². The van der Waals surface area contributed by atoms with E-state index >= 15 is 0 Å². The average Bonchev–Trinajstić information content (AvgIpc) is 2.19. The van der Waals surface area contributed by atoms with E-state index in [1.165, 1.54) is 11.5 Å². The second-order valence-electron chi connectivity index (χ2n) is 2.96. The van der Waals surface area contributed by atoms with E-state index < -0.39 is 30.1 Å². The summed E-state index contributed by atoms with van der Waals surface area (Å²) in [5, 5.41) is 0. The fourth-order valence-corrected chi connectivity index (χ4v) is 1.27. The molecule has 0 unspecified atom stereocenters. The zero-order valence-corrected chi connectivity index (χ0v) is 9.73. The van der Waals surface area contributed by atoms with Crippen LogP contribution in [0.3, 0.4) is 0 Å². The van der Waals surface area contributed by atoms with Crippen molar-refractivity contribution in [2.45, 2.75) is 6.18 Å². The molecule has 8 heteroatoms. The van der Waals surface area contributed by atoms with Crippen molar-refractivity contribution >= 4 is 21.8 Å². The summed E-state index contributed by atoms with van der Waals surface area (Å²) in [6.45, 7) is -1.64. The van der Waals surface area contributed by atoms with E-state index in [9.17, 15) is 22.4 Å². The maximum Gasteiger partial charge on any atom is 0.414 e. The van der Waals surface area contributed by atoms with Gasteiger partial charge >= 0.3 is 6.18 Å². The van der Waals surface area contributed by atoms with Crippen LogP contribution < -0.4 is 5.48 Å². The van der Waals surface area contributed by atoms with Crippen molar-refractivity contribution in [3.63, 3.8) is 0 Å². The lowest BCUT2D eigenvalue weighted by Crippen LogP contribution is -2.30. The molecule has 1 N–H and O–H groups in total. The summed E-state index contributed by atoms with van der Waals surface area (Å²) in [5.41, 5.74) is 1.09. The molecular formula is C9H6BrF4NO2. The number of hydrogen-bond donors (Lipinski definition) is 1. The summed E-state index contributed by atoms with van der Waals surface area (Å²) < 4.78 is 48.6. The van der Waals surface area contributed by atoms with Crippen LogP contribution in [0.5, 0.6) is 0 Å². The standard InChI is InChI=1S/C9H6BrF4NO2/c10-5-1-2-7(11)6(3-5)8(16)15-17-4-9(12,13)14/h1-3H,4H2,(H,15,16). The van der Waals surface area contributed by atoms with Gasteiger partial charge in [0, 0.05) is 4.47 Å². The Kier molecular flexibility index (Phi) is 4.47. The third kappa shape index (κ3) is 4.70. The number of nitrogens with one attached hydrogen (secondary N) is 1. The van der Waals surface area contributed by atoms with Crippen molar-refractivity contribution in [3.05, 3.63) is 34.1 Å². The summed E-state index contributed by atoms with van der Waals surface area (Å²) in [6, 6.07) is 3.48. The molecule has 0 fully saturated rings. The zero-order chi connectivity index (χ0) is 13.1. The molecule has 0 atom stereocenters. The molecule has 1 aromatic carbocycles. The first-order valence-electron chi connectivity index (χ1n) is 4.23. The number of carbonyl (C=O) groups excluding carboxylic acids is 1. The highest BCUT2D eigenvalue weighted by molar-refractivity contribution is 9.10. The minimum atomic E-state index is -4.57. The minimum Gasteiger partial charge on any atom is -0.267 e. The molecular weight excluding hydrogens is 310 g/mol. The Morgan fingerprint density at radius 2 is 2.06 bits per heavy atom. The van der Waals surface area contributed by atoms with E-state index in [4.69, 9.17) is 0 Å². The minimum absolute atomic E-state index is 0.415. The number of benzene rings is 1. The summed E-state index contributed by atoms with van der Waals surface area (Å²) >= 11 is 3.00. The van der Waals surface area contributed by atoms with Gasteiger partial charge in [-0.2, -0.15) is 13.2 Å². The SMILES string of the molecule is O=C(NOCC(F)(F)F)c1cc(Br)ccc1F. The summed E-state index contributed by atoms with van der Waals surface area (Å²) in [7, 11) is 0. The fraction of sp³-hybridized carbons (Fsp3) is 0.222. The van der Waals surface area contributed by atoms with Crippen molar-refractivity contribution in [1.29, 1.82) is 0 Å². The molecule has 0 bridgehead atoms. The predicted octanol–water partition coefficient (Wildman–Crippen LogP) is 2.81. The summed E-state index contributed by atoms with van der Waals surface area (Å²) in [6.07, 6.45) is -4.57. The molecule has 3 nitrogen and oxygen atoms in total. The number of alkyl halides is 3. The van der Waals surface area contributed by atoms with Crippen LogP contribution in [0.2, 0.25) is 0 Å². The van der Waals surface area contributed by atoms with Gasteiger partial charge < -0.3 is 0 Å². The Balaban J connectivity index is 2.61. The molecule has 0 radical (unpaired) electrons. The first-order valence-corrected chi connectivity index (χ1v) is 5.03. The van der Waals surface area contributed by atoms with Crippen LogP contribution in [0.1, 0.15) is 10.4 Å². The zero-order valence-electron chi connectivity index (χ0n) is 8.15. The second kappa shape index (κ2) is 5.46. The van der Waals surface area contributed by atoms with Gasteiger partial charge in [0.25, 0.3) is 5.91 Å². The van der Waals surface area contributed by atoms with Crippen molar-refractivity contribution in [2.75, 3.05) is 6.61 Å². The van der Waals surface area contributed by atoms with Gasteiger partial charge in [0.05, 0.1) is 5.56 Å². The number of carbonyl (C=O) groups is 1. The van der Waals surface area contributed by atoms with E-state index in [1.54, 1.807) is 0 Å². The molecule has 1 rings (SSSR count). The Hall–Kier alpha value is -1.15. The van der Waals surface area contributed by atoms with Gasteiger partial charge in [-0.3, -0.25) is 9.63 Å². The molecule has 0 aliphatic heterocycles. The maximum absolute atomic E-state index is 13.1. The van der Waals surface area contributed by atoms with Gasteiger partial charge in [-0.05, 0) is 18.2 Å². The van der Waals surface area contributed by atoms with E-state index in [0.29, 0.717) is 4.47 Å². The van der Waals surface area contributed by atoms with E-state index in [2.05, 4.69) is 20.8 Å². The largest absolute Gasteiger partial charge is 0.414 e. The van der Waals surface area contributed by atoms with Crippen LogP contribution in [0, 0.1) is 5.82 Å². The molecule has 0 saturated carbocycles. The average molecular weight is 316 g/mol. The van der Waals surface area contributed by atoms with E-state index in [-0.39, 0.29) is 0 Å². The third-order valence-corrected chi connectivity index (χ3v) is 2.07. The fourth-order valence-electron chi connectivity index (χ4n) is 0.910. The van der Waals surface area contributed by atoms with Crippen molar-refractivity contribution in [2.24, 2.45) is 0 Å². The number of halogens is 5. The Morgan fingerprint density at radius 3 is 2.65 bits per heavy atom. The van der Waals surface area contributed by atoms with Crippen LogP contribution in [0.25, 0.3) is 0 Å². The monoisotopic (exact) mass is 315 g/mol.